The fourth-order valence-corrected chi connectivity index (χ4v) is 1.90. The molecule has 1 amide bonds. The number of carbonyl (C=O) groups excluding carboxylic acids is 2. The Bertz CT molecular complexity index is 573. The molecule has 1 unspecified atom stereocenters. The van der Waals surface area contributed by atoms with Gasteiger partial charge in [-0.25, -0.2) is 9.59 Å². The van der Waals surface area contributed by atoms with Gasteiger partial charge in [-0.1, -0.05) is 50.3 Å². The number of hydrogen-bond donors (Lipinski definition) is 1. The number of ether oxygens (including phenoxy) is 2. The number of hydrogen-bond acceptors (Lipinski definition) is 4. The van der Waals surface area contributed by atoms with E-state index in [0.29, 0.717) is 0 Å². The van der Waals surface area contributed by atoms with E-state index in [1.165, 1.54) is 0 Å². The molecule has 0 saturated heterocycles. The first-order chi connectivity index (χ1) is 11.0. The summed E-state index contributed by atoms with van der Waals surface area (Å²) < 4.78 is 10.6. The van der Waals surface area contributed by atoms with Gasteiger partial charge in [-0.15, -0.1) is 6.58 Å². The van der Waals surface area contributed by atoms with E-state index < -0.39 is 29.1 Å². The van der Waals surface area contributed by atoms with Gasteiger partial charge in [0.2, 0.25) is 0 Å². The first-order valence-corrected chi connectivity index (χ1v) is 7.89. The fourth-order valence-electron chi connectivity index (χ4n) is 1.90. The standard InChI is InChI=1S/C19H27NO4/c1-7-19(5,6)15(20-17(22)24-18(2,3)4)16(21)23-13-14-11-9-8-10-12-14/h7-12,15H,1,13H2,2-6H3,(H,20,22). The Labute approximate surface area is 144 Å². The van der Waals surface area contributed by atoms with Gasteiger partial charge in [0.15, 0.2) is 0 Å². The Morgan fingerprint density at radius 1 is 1.17 bits per heavy atom. The summed E-state index contributed by atoms with van der Waals surface area (Å²) in [5.41, 5.74) is -0.468. The highest BCUT2D eigenvalue weighted by Gasteiger charge is 2.36. The van der Waals surface area contributed by atoms with Gasteiger partial charge in [-0.3, -0.25) is 0 Å². The Balaban J connectivity index is 2.80. The molecule has 1 aromatic rings. The van der Waals surface area contributed by atoms with Gasteiger partial charge in [-0.05, 0) is 26.3 Å². The van der Waals surface area contributed by atoms with Crippen LogP contribution >= 0.6 is 0 Å². The number of esters is 1. The second-order valence-corrected chi connectivity index (χ2v) is 7.20. The fraction of sp³-hybridized carbons (Fsp3) is 0.474. The summed E-state index contributed by atoms with van der Waals surface area (Å²) in [7, 11) is 0. The molecule has 0 radical (unpaired) electrons. The molecule has 0 aromatic heterocycles. The predicted molar refractivity (Wildman–Crippen MR) is 93.4 cm³/mol. The van der Waals surface area contributed by atoms with Crippen LogP contribution in [0.1, 0.15) is 40.2 Å². The molecule has 0 aliphatic carbocycles. The van der Waals surface area contributed by atoms with E-state index in [1.54, 1.807) is 40.7 Å². The monoisotopic (exact) mass is 333 g/mol. The van der Waals surface area contributed by atoms with Crippen molar-refractivity contribution < 1.29 is 19.1 Å². The zero-order valence-corrected chi connectivity index (χ0v) is 15.1. The lowest BCUT2D eigenvalue weighted by Crippen LogP contribution is -2.51. The van der Waals surface area contributed by atoms with Crippen LogP contribution in [0.3, 0.4) is 0 Å². The number of benzene rings is 1. The molecule has 0 aliphatic rings. The highest BCUT2D eigenvalue weighted by Crippen LogP contribution is 2.24. The molecular weight excluding hydrogens is 306 g/mol. The summed E-state index contributed by atoms with van der Waals surface area (Å²) in [4.78, 5) is 24.5. The third-order valence-electron chi connectivity index (χ3n) is 3.39. The van der Waals surface area contributed by atoms with Crippen LogP contribution in [0.25, 0.3) is 0 Å². The quantitative estimate of drug-likeness (QED) is 0.634. The first kappa shape index (κ1) is 19.7. The van der Waals surface area contributed by atoms with Crippen LogP contribution in [0.15, 0.2) is 43.0 Å². The van der Waals surface area contributed by atoms with Crippen molar-refractivity contribution in [2.45, 2.75) is 52.9 Å². The van der Waals surface area contributed by atoms with Crippen molar-refractivity contribution in [2.24, 2.45) is 5.41 Å². The van der Waals surface area contributed by atoms with Gasteiger partial charge in [0.1, 0.15) is 18.2 Å². The van der Waals surface area contributed by atoms with Crippen LogP contribution in [0.4, 0.5) is 4.79 Å². The van der Waals surface area contributed by atoms with Crippen molar-refractivity contribution in [3.63, 3.8) is 0 Å². The Hall–Kier alpha value is -2.30. The van der Waals surface area contributed by atoms with Crippen molar-refractivity contribution in [3.05, 3.63) is 48.6 Å². The Kier molecular flexibility index (Phi) is 6.58. The predicted octanol–water partition coefficient (Wildman–Crippen LogP) is 3.84. The lowest BCUT2D eigenvalue weighted by molar-refractivity contribution is -0.149. The van der Waals surface area contributed by atoms with Gasteiger partial charge in [0.25, 0.3) is 0 Å². The summed E-state index contributed by atoms with van der Waals surface area (Å²) >= 11 is 0. The Morgan fingerprint density at radius 3 is 2.25 bits per heavy atom. The number of rotatable bonds is 6. The molecule has 5 heteroatoms. The molecule has 1 rings (SSSR count). The molecule has 5 nitrogen and oxygen atoms in total. The molecule has 132 valence electrons. The lowest BCUT2D eigenvalue weighted by atomic mass is 9.84. The normalized spacial score (nSPS) is 12.9. The summed E-state index contributed by atoms with van der Waals surface area (Å²) in [5, 5.41) is 2.59. The third kappa shape index (κ3) is 6.44. The average Bonchev–Trinajstić information content (AvgIpc) is 2.49. The minimum atomic E-state index is -0.895. The van der Waals surface area contributed by atoms with Gasteiger partial charge in [-0.2, -0.15) is 0 Å². The van der Waals surface area contributed by atoms with Crippen molar-refractivity contribution in [3.8, 4) is 0 Å². The molecule has 1 aromatic carbocycles. The molecule has 0 bridgehead atoms. The topological polar surface area (TPSA) is 64.6 Å². The van der Waals surface area contributed by atoms with Crippen LogP contribution in [-0.4, -0.2) is 23.7 Å². The van der Waals surface area contributed by atoms with Gasteiger partial charge in [0.05, 0.1) is 0 Å². The van der Waals surface area contributed by atoms with Gasteiger partial charge < -0.3 is 14.8 Å². The van der Waals surface area contributed by atoms with Crippen molar-refractivity contribution >= 4 is 12.1 Å². The molecule has 0 fully saturated rings. The minimum absolute atomic E-state index is 0.138. The molecule has 0 spiro atoms. The SMILES string of the molecule is C=CC(C)(C)C(NC(=O)OC(C)(C)C)C(=O)OCc1ccccc1. The zero-order chi connectivity index (χ0) is 18.4. The first-order valence-electron chi connectivity index (χ1n) is 7.89. The number of nitrogens with one attached hydrogen (secondary N) is 1. The van der Waals surface area contributed by atoms with Crippen LogP contribution in [0.5, 0.6) is 0 Å². The van der Waals surface area contributed by atoms with E-state index in [0.717, 1.165) is 5.56 Å². The number of amides is 1. The van der Waals surface area contributed by atoms with Crippen LogP contribution in [-0.2, 0) is 20.9 Å². The summed E-state index contributed by atoms with van der Waals surface area (Å²) in [6.07, 6.45) is 0.942. The lowest BCUT2D eigenvalue weighted by Gasteiger charge is -2.31. The number of carbonyl (C=O) groups is 2. The largest absolute Gasteiger partial charge is 0.459 e. The maximum Gasteiger partial charge on any atom is 0.408 e. The third-order valence-corrected chi connectivity index (χ3v) is 3.39. The van der Waals surface area contributed by atoms with Crippen LogP contribution in [0.2, 0.25) is 0 Å². The van der Waals surface area contributed by atoms with E-state index in [2.05, 4.69) is 11.9 Å². The second-order valence-electron chi connectivity index (χ2n) is 7.20. The van der Waals surface area contributed by atoms with Gasteiger partial charge >= 0.3 is 12.1 Å². The molecule has 1 N–H and O–H groups in total. The molecule has 0 saturated carbocycles. The van der Waals surface area contributed by atoms with E-state index in [9.17, 15) is 9.59 Å². The highest BCUT2D eigenvalue weighted by atomic mass is 16.6. The van der Waals surface area contributed by atoms with E-state index >= 15 is 0 Å². The second kappa shape index (κ2) is 7.99. The van der Waals surface area contributed by atoms with Crippen molar-refractivity contribution in [1.29, 1.82) is 0 Å². The molecular formula is C19H27NO4. The van der Waals surface area contributed by atoms with E-state index in [4.69, 9.17) is 9.47 Å². The maximum absolute atomic E-state index is 12.5. The van der Waals surface area contributed by atoms with Gasteiger partial charge in [0, 0.05) is 5.41 Å². The van der Waals surface area contributed by atoms with Crippen molar-refractivity contribution in [1.82, 2.24) is 5.32 Å². The van der Waals surface area contributed by atoms with E-state index in [-0.39, 0.29) is 6.61 Å². The summed E-state index contributed by atoms with van der Waals surface area (Å²) in [6, 6.07) is 8.46. The van der Waals surface area contributed by atoms with Crippen LogP contribution in [0, 0.1) is 5.41 Å². The zero-order valence-electron chi connectivity index (χ0n) is 15.1. The van der Waals surface area contributed by atoms with Crippen LogP contribution < -0.4 is 5.32 Å². The smallest absolute Gasteiger partial charge is 0.408 e. The summed E-state index contributed by atoms with van der Waals surface area (Å²) in [5.74, 6) is -0.533. The summed E-state index contributed by atoms with van der Waals surface area (Å²) in [6.45, 7) is 12.7. The average molecular weight is 333 g/mol. The number of alkyl carbamates (subject to hydrolysis) is 1. The molecule has 0 heterocycles. The molecule has 1 atom stereocenters. The van der Waals surface area contributed by atoms with Crippen molar-refractivity contribution in [2.75, 3.05) is 0 Å². The van der Waals surface area contributed by atoms with E-state index in [1.807, 2.05) is 30.3 Å². The minimum Gasteiger partial charge on any atom is -0.459 e. The Morgan fingerprint density at radius 2 is 1.75 bits per heavy atom. The molecule has 24 heavy (non-hydrogen) atoms. The highest BCUT2D eigenvalue weighted by molar-refractivity contribution is 5.82. The molecule has 0 aliphatic heterocycles. The maximum atomic E-state index is 12.5.